The van der Waals surface area contributed by atoms with E-state index in [-0.39, 0.29) is 41.7 Å². The Morgan fingerprint density at radius 1 is 0.903 bits per heavy atom. The van der Waals surface area contributed by atoms with Crippen LogP contribution in [0, 0.1) is 46.3 Å². The summed E-state index contributed by atoms with van der Waals surface area (Å²) in [6.45, 7) is 6.94. The van der Waals surface area contributed by atoms with Crippen molar-refractivity contribution in [2.75, 3.05) is 6.61 Å². The Balaban J connectivity index is 1.54. The minimum Gasteiger partial charge on any atom is -0.396 e. The van der Waals surface area contributed by atoms with Crippen LogP contribution in [-0.2, 0) is 0 Å². The Labute approximate surface area is 188 Å². The van der Waals surface area contributed by atoms with Crippen molar-refractivity contribution in [3.8, 4) is 0 Å². The van der Waals surface area contributed by atoms with Gasteiger partial charge in [-0.2, -0.15) is 0 Å². The molecule has 4 aliphatic rings. The molecule has 5 heteroatoms. The van der Waals surface area contributed by atoms with Crippen molar-refractivity contribution in [3.63, 3.8) is 0 Å². The van der Waals surface area contributed by atoms with E-state index >= 15 is 0 Å². The third-order valence-electron chi connectivity index (χ3n) is 10.9. The topological polar surface area (TPSA) is 101 Å². The number of fused-ring (bicyclic) bond motifs is 5. The van der Waals surface area contributed by atoms with Crippen molar-refractivity contribution in [3.05, 3.63) is 0 Å². The molecule has 0 radical (unpaired) electrons. The maximum atomic E-state index is 11.6. The minimum absolute atomic E-state index is 0.0230. The molecule has 31 heavy (non-hydrogen) atoms. The maximum Gasteiger partial charge on any atom is 0.0602 e. The van der Waals surface area contributed by atoms with E-state index in [1.165, 1.54) is 0 Å². The van der Waals surface area contributed by atoms with Crippen LogP contribution >= 0.6 is 0 Å². The third kappa shape index (κ3) is 3.90. The molecule has 180 valence electrons. The smallest absolute Gasteiger partial charge is 0.0602 e. The molecule has 5 nitrogen and oxygen atoms in total. The lowest BCUT2D eigenvalue weighted by Gasteiger charge is -2.63. The summed E-state index contributed by atoms with van der Waals surface area (Å²) in [5.41, 5.74) is -0.0651. The van der Waals surface area contributed by atoms with Crippen molar-refractivity contribution in [2.45, 2.75) is 109 Å². The zero-order valence-electron chi connectivity index (χ0n) is 19.8. The van der Waals surface area contributed by atoms with Crippen LogP contribution in [0.2, 0.25) is 0 Å². The molecular formula is C26H46O5. The molecule has 3 unspecified atom stereocenters. The molecule has 0 heterocycles. The molecular weight excluding hydrogens is 392 g/mol. The lowest BCUT2D eigenvalue weighted by atomic mass is 9.43. The highest BCUT2D eigenvalue weighted by Crippen LogP contribution is 2.68. The Hall–Kier alpha value is -0.200. The molecule has 0 aromatic carbocycles. The SMILES string of the molecule is CC(CC[C@@H](O)CCO)[C@H]1CC[C@H]2[C@@H]3[C@H](O)C[C@@H]4C[C@H](O)CCC4(C)[C@H]3C[C@H](O)C12C. The van der Waals surface area contributed by atoms with Gasteiger partial charge in [-0.05, 0) is 111 Å². The summed E-state index contributed by atoms with van der Waals surface area (Å²) in [6.07, 6.45) is 7.06. The molecule has 12 atom stereocenters. The van der Waals surface area contributed by atoms with E-state index in [0.717, 1.165) is 51.4 Å². The van der Waals surface area contributed by atoms with E-state index in [0.29, 0.717) is 42.4 Å². The molecule has 4 saturated carbocycles. The van der Waals surface area contributed by atoms with E-state index in [1.54, 1.807) is 0 Å². The zero-order chi connectivity index (χ0) is 22.6. The first-order valence-corrected chi connectivity index (χ1v) is 13.0. The highest BCUT2D eigenvalue weighted by Gasteiger charge is 2.65. The number of aliphatic hydroxyl groups is 5. The molecule has 4 fully saturated rings. The van der Waals surface area contributed by atoms with Gasteiger partial charge in [0.15, 0.2) is 0 Å². The minimum atomic E-state index is -0.447. The van der Waals surface area contributed by atoms with Crippen LogP contribution in [0.4, 0.5) is 0 Å². The molecule has 0 aliphatic heterocycles. The molecule has 0 bridgehead atoms. The summed E-state index contributed by atoms with van der Waals surface area (Å²) in [6, 6.07) is 0. The highest BCUT2D eigenvalue weighted by atomic mass is 16.3. The van der Waals surface area contributed by atoms with Crippen LogP contribution in [0.3, 0.4) is 0 Å². The van der Waals surface area contributed by atoms with E-state index in [1.807, 2.05) is 0 Å². The van der Waals surface area contributed by atoms with Crippen LogP contribution in [0.15, 0.2) is 0 Å². The second kappa shape index (κ2) is 8.87. The monoisotopic (exact) mass is 438 g/mol. The summed E-state index contributed by atoms with van der Waals surface area (Å²) in [4.78, 5) is 0. The van der Waals surface area contributed by atoms with Crippen LogP contribution in [0.5, 0.6) is 0 Å². The van der Waals surface area contributed by atoms with Crippen molar-refractivity contribution >= 4 is 0 Å². The van der Waals surface area contributed by atoms with Crippen LogP contribution in [0.1, 0.15) is 85.0 Å². The molecule has 0 aromatic heterocycles. The first-order valence-electron chi connectivity index (χ1n) is 13.0. The van der Waals surface area contributed by atoms with Gasteiger partial charge in [0.2, 0.25) is 0 Å². The van der Waals surface area contributed by atoms with E-state index in [9.17, 15) is 20.4 Å². The van der Waals surface area contributed by atoms with Crippen molar-refractivity contribution in [2.24, 2.45) is 46.3 Å². The highest BCUT2D eigenvalue weighted by molar-refractivity contribution is 5.14. The summed E-state index contributed by atoms with van der Waals surface area (Å²) < 4.78 is 0. The summed E-state index contributed by atoms with van der Waals surface area (Å²) >= 11 is 0. The van der Waals surface area contributed by atoms with Gasteiger partial charge >= 0.3 is 0 Å². The van der Waals surface area contributed by atoms with Crippen molar-refractivity contribution < 1.29 is 25.5 Å². The Morgan fingerprint density at radius 2 is 1.65 bits per heavy atom. The van der Waals surface area contributed by atoms with Gasteiger partial charge < -0.3 is 25.5 Å². The van der Waals surface area contributed by atoms with E-state index in [4.69, 9.17) is 5.11 Å². The predicted octanol–water partition coefficient (Wildman–Crippen LogP) is 3.11. The second-order valence-corrected chi connectivity index (χ2v) is 12.2. The summed E-state index contributed by atoms with van der Waals surface area (Å²) in [5.74, 6) is 2.09. The lowest BCUT2D eigenvalue weighted by Crippen LogP contribution is -2.62. The molecule has 0 aromatic rings. The van der Waals surface area contributed by atoms with E-state index < -0.39 is 6.10 Å². The summed E-state index contributed by atoms with van der Waals surface area (Å²) in [7, 11) is 0. The quantitative estimate of drug-likeness (QED) is 0.439. The second-order valence-electron chi connectivity index (χ2n) is 12.2. The van der Waals surface area contributed by atoms with E-state index in [2.05, 4.69) is 20.8 Å². The van der Waals surface area contributed by atoms with Gasteiger partial charge in [0.05, 0.1) is 24.4 Å². The molecule has 0 saturated heterocycles. The van der Waals surface area contributed by atoms with Gasteiger partial charge in [-0.25, -0.2) is 0 Å². The molecule has 5 N–H and O–H groups in total. The Kier molecular flexibility index (Phi) is 6.85. The third-order valence-corrected chi connectivity index (χ3v) is 10.9. The maximum absolute atomic E-state index is 11.6. The van der Waals surface area contributed by atoms with Gasteiger partial charge in [0, 0.05) is 6.61 Å². The fourth-order valence-electron chi connectivity index (χ4n) is 9.08. The molecule has 0 spiro atoms. The standard InChI is InChI=1S/C26H46O5/c1-15(4-5-17(28)9-11-27)19-6-7-20-24-21(14-23(31)26(19,20)3)25(2)10-8-18(29)12-16(25)13-22(24)30/h15-24,27-31H,4-14H2,1-3H3/t15?,16-,17+,18+,19+,20-,21-,22+,23-,24-,25?,26?/m0/s1. The van der Waals surface area contributed by atoms with Crippen LogP contribution in [0.25, 0.3) is 0 Å². The first kappa shape index (κ1) is 23.9. The van der Waals surface area contributed by atoms with Crippen molar-refractivity contribution in [1.82, 2.24) is 0 Å². The summed E-state index contributed by atoms with van der Waals surface area (Å²) in [5, 5.41) is 52.3. The molecule has 0 amide bonds. The van der Waals surface area contributed by atoms with Crippen LogP contribution < -0.4 is 0 Å². The van der Waals surface area contributed by atoms with Crippen molar-refractivity contribution in [1.29, 1.82) is 0 Å². The Morgan fingerprint density at radius 3 is 2.35 bits per heavy atom. The van der Waals surface area contributed by atoms with Gasteiger partial charge in [0.25, 0.3) is 0 Å². The predicted molar refractivity (Wildman–Crippen MR) is 120 cm³/mol. The van der Waals surface area contributed by atoms with Gasteiger partial charge in [0.1, 0.15) is 0 Å². The van der Waals surface area contributed by atoms with Gasteiger partial charge in [-0.3, -0.25) is 0 Å². The number of hydrogen-bond donors (Lipinski definition) is 5. The van der Waals surface area contributed by atoms with Gasteiger partial charge in [-0.15, -0.1) is 0 Å². The largest absolute Gasteiger partial charge is 0.396 e. The normalized spacial score (nSPS) is 51.5. The molecule has 4 aliphatic carbocycles. The van der Waals surface area contributed by atoms with Crippen LogP contribution in [-0.4, -0.2) is 56.6 Å². The Bertz CT molecular complexity index is 627. The lowest BCUT2D eigenvalue weighted by molar-refractivity contribution is -0.207. The zero-order valence-corrected chi connectivity index (χ0v) is 19.8. The fraction of sp³-hybridized carbons (Fsp3) is 1.00. The number of hydrogen-bond acceptors (Lipinski definition) is 5. The fourth-order valence-corrected chi connectivity index (χ4v) is 9.08. The average Bonchev–Trinajstić information content (AvgIpc) is 3.07. The molecule has 4 rings (SSSR count). The van der Waals surface area contributed by atoms with Gasteiger partial charge in [-0.1, -0.05) is 20.8 Å². The average molecular weight is 439 g/mol. The number of rotatable bonds is 6. The first-order chi connectivity index (χ1) is 14.6. The number of aliphatic hydroxyl groups excluding tert-OH is 5.